The van der Waals surface area contributed by atoms with E-state index in [0.29, 0.717) is 12.7 Å². The molecule has 0 aromatic heterocycles. The second-order valence-corrected chi connectivity index (χ2v) is 5.60. The maximum Gasteiger partial charge on any atom is 0.103 e. The van der Waals surface area contributed by atoms with Gasteiger partial charge in [0, 0.05) is 0 Å². The Labute approximate surface area is 110 Å². The lowest BCUT2D eigenvalue weighted by Crippen LogP contribution is -2.23. The molecule has 2 rings (SSSR count). The van der Waals surface area contributed by atoms with Crippen LogP contribution in [0.15, 0.2) is 24.3 Å². The van der Waals surface area contributed by atoms with Crippen molar-refractivity contribution in [2.45, 2.75) is 51.7 Å². The molecule has 1 aliphatic rings. The normalized spacial score (nSPS) is 25.9. The van der Waals surface area contributed by atoms with Crippen molar-refractivity contribution >= 4 is 0 Å². The second-order valence-electron chi connectivity index (χ2n) is 5.60. The number of hydrogen-bond acceptors (Lipinski definition) is 2. The lowest BCUT2D eigenvalue weighted by molar-refractivity contribution is -0.0323. The summed E-state index contributed by atoms with van der Waals surface area (Å²) in [5.74, 6) is 0.763. The molecule has 0 aliphatic heterocycles. The Morgan fingerprint density at radius 1 is 1.33 bits per heavy atom. The van der Waals surface area contributed by atoms with E-state index in [9.17, 15) is 5.11 Å². The van der Waals surface area contributed by atoms with Gasteiger partial charge in [0.2, 0.25) is 0 Å². The quantitative estimate of drug-likeness (QED) is 0.881. The van der Waals surface area contributed by atoms with Crippen LogP contribution in [0.25, 0.3) is 0 Å². The lowest BCUT2D eigenvalue weighted by atomic mass is 9.89. The Balaban J connectivity index is 1.84. The van der Waals surface area contributed by atoms with Crippen LogP contribution in [0.3, 0.4) is 0 Å². The number of ether oxygens (including phenoxy) is 1. The van der Waals surface area contributed by atoms with Gasteiger partial charge in [-0.25, -0.2) is 0 Å². The minimum absolute atomic E-state index is 0.340. The van der Waals surface area contributed by atoms with Gasteiger partial charge in [-0.1, -0.05) is 44.0 Å². The molecule has 0 bridgehead atoms. The highest BCUT2D eigenvalue weighted by atomic mass is 16.5. The first-order valence-electron chi connectivity index (χ1n) is 7.02. The minimum Gasteiger partial charge on any atom is -0.386 e. The fraction of sp³-hybridized carbons (Fsp3) is 0.625. The summed E-state index contributed by atoms with van der Waals surface area (Å²) in [6, 6.07) is 7.97. The molecule has 1 fully saturated rings. The highest BCUT2D eigenvalue weighted by molar-refractivity contribution is 5.27. The molecule has 3 atom stereocenters. The van der Waals surface area contributed by atoms with Crippen molar-refractivity contribution in [1.29, 1.82) is 0 Å². The van der Waals surface area contributed by atoms with Gasteiger partial charge < -0.3 is 9.84 Å². The molecule has 0 heterocycles. The average Bonchev–Trinajstić information content (AvgIpc) is 2.37. The van der Waals surface area contributed by atoms with Crippen molar-refractivity contribution in [2.24, 2.45) is 5.92 Å². The first-order valence-corrected chi connectivity index (χ1v) is 7.02. The summed E-state index contributed by atoms with van der Waals surface area (Å²) in [6.45, 7) is 4.73. The van der Waals surface area contributed by atoms with Crippen molar-refractivity contribution in [2.75, 3.05) is 6.61 Å². The molecular weight excluding hydrogens is 224 g/mol. The molecule has 0 saturated heterocycles. The topological polar surface area (TPSA) is 29.5 Å². The molecule has 0 radical (unpaired) electrons. The maximum absolute atomic E-state index is 10.2. The van der Waals surface area contributed by atoms with Crippen LogP contribution >= 0.6 is 0 Å². The number of aliphatic hydroxyl groups is 1. The van der Waals surface area contributed by atoms with Crippen molar-refractivity contribution in [1.82, 2.24) is 0 Å². The van der Waals surface area contributed by atoms with Gasteiger partial charge in [0.25, 0.3) is 0 Å². The molecule has 1 saturated carbocycles. The fourth-order valence-electron chi connectivity index (χ4n) is 2.81. The predicted molar refractivity (Wildman–Crippen MR) is 73.5 cm³/mol. The fourth-order valence-corrected chi connectivity index (χ4v) is 2.81. The largest absolute Gasteiger partial charge is 0.386 e. The van der Waals surface area contributed by atoms with Gasteiger partial charge in [0.1, 0.15) is 6.10 Å². The average molecular weight is 248 g/mol. The van der Waals surface area contributed by atoms with Gasteiger partial charge in [-0.3, -0.25) is 0 Å². The van der Waals surface area contributed by atoms with E-state index in [1.807, 2.05) is 31.2 Å². The zero-order chi connectivity index (χ0) is 13.0. The van der Waals surface area contributed by atoms with Gasteiger partial charge in [-0.15, -0.1) is 0 Å². The number of aryl methyl sites for hydroxylation is 1. The summed E-state index contributed by atoms with van der Waals surface area (Å²) in [4.78, 5) is 0. The standard InChI is InChI=1S/C16H24O2/c1-12-6-5-8-14(10-12)18-11-16(17)15-9-4-3-7-13(15)2/h3-4,7,9,12,14,16-17H,5-6,8,10-11H2,1-2H3. The molecule has 0 amide bonds. The molecule has 2 nitrogen and oxygen atoms in total. The monoisotopic (exact) mass is 248 g/mol. The summed E-state index contributed by atoms with van der Waals surface area (Å²) >= 11 is 0. The van der Waals surface area contributed by atoms with E-state index in [-0.39, 0.29) is 0 Å². The maximum atomic E-state index is 10.2. The first-order chi connectivity index (χ1) is 8.66. The lowest BCUT2D eigenvalue weighted by Gasteiger charge is -2.27. The van der Waals surface area contributed by atoms with Crippen LogP contribution in [0.5, 0.6) is 0 Å². The highest BCUT2D eigenvalue weighted by Gasteiger charge is 2.20. The summed E-state index contributed by atoms with van der Waals surface area (Å²) < 4.78 is 5.87. The summed E-state index contributed by atoms with van der Waals surface area (Å²) in [7, 11) is 0. The molecule has 3 unspecified atom stereocenters. The number of hydrogen-bond donors (Lipinski definition) is 1. The van der Waals surface area contributed by atoms with Gasteiger partial charge in [0.15, 0.2) is 0 Å². The third-order valence-electron chi connectivity index (χ3n) is 3.93. The molecule has 0 spiro atoms. The Morgan fingerprint density at radius 2 is 2.11 bits per heavy atom. The minimum atomic E-state index is -0.497. The van der Waals surface area contributed by atoms with E-state index < -0.39 is 6.10 Å². The summed E-state index contributed by atoms with van der Waals surface area (Å²) in [5, 5.41) is 10.2. The second kappa shape index (κ2) is 6.35. The molecule has 1 aromatic carbocycles. The Bertz CT molecular complexity index is 375. The molecule has 100 valence electrons. The highest BCUT2D eigenvalue weighted by Crippen LogP contribution is 2.27. The van der Waals surface area contributed by atoms with Gasteiger partial charge in [-0.05, 0) is 36.8 Å². The van der Waals surface area contributed by atoms with Crippen LogP contribution in [0, 0.1) is 12.8 Å². The van der Waals surface area contributed by atoms with Crippen molar-refractivity contribution in [3.63, 3.8) is 0 Å². The first kappa shape index (κ1) is 13.6. The molecule has 1 aliphatic carbocycles. The van der Waals surface area contributed by atoms with Gasteiger partial charge >= 0.3 is 0 Å². The zero-order valence-electron chi connectivity index (χ0n) is 11.4. The molecule has 2 heteroatoms. The van der Waals surface area contributed by atoms with E-state index in [1.54, 1.807) is 0 Å². The number of benzene rings is 1. The number of aliphatic hydroxyl groups excluding tert-OH is 1. The van der Waals surface area contributed by atoms with Crippen LogP contribution in [-0.2, 0) is 4.74 Å². The molecule has 1 N–H and O–H groups in total. The van der Waals surface area contributed by atoms with Crippen LogP contribution in [0.1, 0.15) is 49.8 Å². The van der Waals surface area contributed by atoms with Crippen molar-refractivity contribution in [3.8, 4) is 0 Å². The van der Waals surface area contributed by atoms with E-state index in [0.717, 1.165) is 29.9 Å². The Kier molecular flexibility index (Phi) is 4.79. The van der Waals surface area contributed by atoms with Crippen LogP contribution in [-0.4, -0.2) is 17.8 Å². The third kappa shape index (κ3) is 3.56. The van der Waals surface area contributed by atoms with Crippen molar-refractivity contribution < 1.29 is 9.84 Å². The van der Waals surface area contributed by atoms with E-state index in [4.69, 9.17) is 4.74 Å². The molecular formula is C16H24O2. The van der Waals surface area contributed by atoms with Gasteiger partial charge in [0.05, 0.1) is 12.7 Å². The van der Waals surface area contributed by atoms with Gasteiger partial charge in [-0.2, -0.15) is 0 Å². The smallest absolute Gasteiger partial charge is 0.103 e. The van der Waals surface area contributed by atoms with E-state index in [2.05, 4.69) is 6.92 Å². The van der Waals surface area contributed by atoms with E-state index >= 15 is 0 Å². The Morgan fingerprint density at radius 3 is 2.83 bits per heavy atom. The molecule has 1 aromatic rings. The molecule has 18 heavy (non-hydrogen) atoms. The SMILES string of the molecule is Cc1ccccc1C(O)COC1CCCC(C)C1. The zero-order valence-corrected chi connectivity index (χ0v) is 11.4. The van der Waals surface area contributed by atoms with Crippen LogP contribution in [0.4, 0.5) is 0 Å². The van der Waals surface area contributed by atoms with E-state index in [1.165, 1.54) is 12.8 Å². The Hall–Kier alpha value is -0.860. The number of rotatable bonds is 4. The summed E-state index contributed by atoms with van der Waals surface area (Å²) in [5.41, 5.74) is 2.12. The predicted octanol–water partition coefficient (Wildman–Crippen LogP) is 3.62. The van der Waals surface area contributed by atoms with Crippen molar-refractivity contribution in [3.05, 3.63) is 35.4 Å². The van der Waals surface area contributed by atoms with Crippen LogP contribution < -0.4 is 0 Å². The summed E-state index contributed by atoms with van der Waals surface area (Å²) in [6.07, 6.45) is 4.70. The van der Waals surface area contributed by atoms with Crippen LogP contribution in [0.2, 0.25) is 0 Å². The third-order valence-corrected chi connectivity index (χ3v) is 3.93.